The summed E-state index contributed by atoms with van der Waals surface area (Å²) < 4.78 is 38.5. The van der Waals surface area contributed by atoms with Crippen molar-refractivity contribution in [1.82, 2.24) is 15.2 Å². The number of halogens is 3. The summed E-state index contributed by atoms with van der Waals surface area (Å²) in [6.07, 6.45) is 1.87. The molecule has 2 heterocycles. The van der Waals surface area contributed by atoms with Gasteiger partial charge in [0.15, 0.2) is 0 Å². The fourth-order valence-corrected chi connectivity index (χ4v) is 3.64. The Balaban J connectivity index is 1.78. The first kappa shape index (κ1) is 16.8. The Bertz CT molecular complexity index is 894. The maximum Gasteiger partial charge on any atom is 0.432 e. The van der Waals surface area contributed by atoms with Crippen LogP contribution in [0, 0.1) is 0 Å². The van der Waals surface area contributed by atoms with Crippen molar-refractivity contribution in [2.24, 2.45) is 0 Å². The number of aromatic amines is 1. The Labute approximate surface area is 149 Å². The minimum Gasteiger partial charge on any atom is -0.273 e. The lowest BCUT2D eigenvalue weighted by Crippen LogP contribution is -2.04. The van der Waals surface area contributed by atoms with Crippen LogP contribution in [0.1, 0.15) is 42.9 Å². The average molecular weight is 357 g/mol. The SMILES string of the molecule is FC(F)(F)c1cc(-c2cc(C3CCCC3)c(-c3ccccc3)cn2)n[nH]1. The molecule has 1 saturated carbocycles. The smallest absolute Gasteiger partial charge is 0.273 e. The summed E-state index contributed by atoms with van der Waals surface area (Å²) >= 11 is 0. The molecular formula is C20H18F3N3. The number of pyridine rings is 1. The number of hydrogen-bond acceptors (Lipinski definition) is 2. The highest BCUT2D eigenvalue weighted by atomic mass is 19.4. The second-order valence-electron chi connectivity index (χ2n) is 6.67. The maximum absolute atomic E-state index is 12.8. The van der Waals surface area contributed by atoms with Gasteiger partial charge in [-0.05, 0) is 42.0 Å². The van der Waals surface area contributed by atoms with Crippen LogP contribution in [-0.4, -0.2) is 15.2 Å². The second kappa shape index (κ2) is 6.59. The van der Waals surface area contributed by atoms with E-state index in [-0.39, 0.29) is 5.69 Å². The van der Waals surface area contributed by atoms with Gasteiger partial charge in [0.1, 0.15) is 11.4 Å². The summed E-state index contributed by atoms with van der Waals surface area (Å²) in [7, 11) is 0. The molecule has 0 spiro atoms. The lowest BCUT2D eigenvalue weighted by Gasteiger charge is -2.16. The van der Waals surface area contributed by atoms with Crippen molar-refractivity contribution in [3.05, 3.63) is 59.9 Å². The predicted molar refractivity (Wildman–Crippen MR) is 93.5 cm³/mol. The number of H-pyrrole nitrogens is 1. The molecule has 4 rings (SSSR count). The average Bonchev–Trinajstić information content (AvgIpc) is 3.33. The first-order chi connectivity index (χ1) is 12.5. The molecule has 0 bridgehead atoms. The standard InChI is InChI=1S/C20H18F3N3/c21-20(22,23)19-11-18(25-26-19)17-10-15(13-8-4-5-9-13)16(12-24-17)14-6-2-1-3-7-14/h1-3,6-7,10-13H,4-5,8-9H2,(H,25,26). The highest BCUT2D eigenvalue weighted by Gasteiger charge is 2.33. The predicted octanol–water partition coefficient (Wildman–Crippen LogP) is 5.82. The molecule has 3 aromatic rings. The minimum atomic E-state index is -4.44. The number of aromatic nitrogens is 3. The zero-order valence-electron chi connectivity index (χ0n) is 14.1. The molecule has 0 amide bonds. The van der Waals surface area contributed by atoms with E-state index in [9.17, 15) is 13.2 Å². The molecule has 0 unspecified atom stereocenters. The van der Waals surface area contributed by atoms with Gasteiger partial charge in [-0.2, -0.15) is 18.3 Å². The van der Waals surface area contributed by atoms with Crippen LogP contribution in [0.3, 0.4) is 0 Å². The van der Waals surface area contributed by atoms with Gasteiger partial charge in [-0.3, -0.25) is 10.1 Å². The molecule has 0 atom stereocenters. The second-order valence-corrected chi connectivity index (χ2v) is 6.67. The molecule has 3 nitrogen and oxygen atoms in total. The van der Waals surface area contributed by atoms with Crippen molar-refractivity contribution in [3.63, 3.8) is 0 Å². The number of benzene rings is 1. The van der Waals surface area contributed by atoms with Crippen LogP contribution in [0.15, 0.2) is 48.7 Å². The summed E-state index contributed by atoms with van der Waals surface area (Å²) in [5.41, 5.74) is 3.10. The number of nitrogens with one attached hydrogen (secondary N) is 1. The zero-order chi connectivity index (χ0) is 18.1. The molecule has 0 aliphatic heterocycles. The van der Waals surface area contributed by atoms with Gasteiger partial charge in [-0.25, -0.2) is 0 Å². The molecule has 134 valence electrons. The molecule has 0 radical (unpaired) electrons. The van der Waals surface area contributed by atoms with Gasteiger partial charge in [-0.1, -0.05) is 43.2 Å². The van der Waals surface area contributed by atoms with Gasteiger partial charge >= 0.3 is 6.18 Å². The van der Waals surface area contributed by atoms with Gasteiger partial charge in [0.2, 0.25) is 0 Å². The third kappa shape index (κ3) is 3.23. The summed E-state index contributed by atoms with van der Waals surface area (Å²) in [5.74, 6) is 0.410. The van der Waals surface area contributed by atoms with E-state index in [4.69, 9.17) is 0 Å². The van der Waals surface area contributed by atoms with E-state index in [0.29, 0.717) is 11.6 Å². The maximum atomic E-state index is 12.8. The third-order valence-corrected chi connectivity index (χ3v) is 4.96. The molecule has 1 fully saturated rings. The molecule has 1 N–H and O–H groups in total. The molecule has 0 saturated heterocycles. The molecule has 26 heavy (non-hydrogen) atoms. The topological polar surface area (TPSA) is 41.6 Å². The van der Waals surface area contributed by atoms with E-state index in [1.165, 1.54) is 12.8 Å². The first-order valence-corrected chi connectivity index (χ1v) is 8.71. The summed E-state index contributed by atoms with van der Waals surface area (Å²) in [5, 5.41) is 5.88. The van der Waals surface area contributed by atoms with Crippen LogP contribution >= 0.6 is 0 Å². The summed E-state index contributed by atoms with van der Waals surface area (Å²) in [6, 6.07) is 12.9. The van der Waals surface area contributed by atoms with E-state index in [0.717, 1.165) is 35.6 Å². The number of nitrogens with zero attached hydrogens (tertiary/aromatic N) is 2. The van der Waals surface area contributed by atoms with Crippen molar-refractivity contribution >= 4 is 0 Å². The molecule has 6 heteroatoms. The lowest BCUT2D eigenvalue weighted by molar-refractivity contribution is -0.141. The molecule has 1 aliphatic carbocycles. The van der Waals surface area contributed by atoms with E-state index >= 15 is 0 Å². The molecular weight excluding hydrogens is 339 g/mol. The molecule has 1 aromatic carbocycles. The van der Waals surface area contributed by atoms with Gasteiger partial charge in [0.05, 0.1) is 5.69 Å². The quantitative estimate of drug-likeness (QED) is 0.642. The van der Waals surface area contributed by atoms with Crippen molar-refractivity contribution in [2.45, 2.75) is 37.8 Å². The highest BCUT2D eigenvalue weighted by Crippen LogP contribution is 2.40. The third-order valence-electron chi connectivity index (χ3n) is 4.96. The van der Waals surface area contributed by atoms with Crippen LogP contribution in [0.25, 0.3) is 22.5 Å². The van der Waals surface area contributed by atoms with Crippen molar-refractivity contribution < 1.29 is 13.2 Å². The van der Waals surface area contributed by atoms with E-state index in [2.05, 4.69) is 15.2 Å². The van der Waals surface area contributed by atoms with Crippen LogP contribution in [-0.2, 0) is 6.18 Å². The normalized spacial score (nSPS) is 15.5. The number of hydrogen-bond donors (Lipinski definition) is 1. The van der Waals surface area contributed by atoms with Crippen molar-refractivity contribution in [2.75, 3.05) is 0 Å². The molecule has 1 aliphatic rings. The largest absolute Gasteiger partial charge is 0.432 e. The summed E-state index contributed by atoms with van der Waals surface area (Å²) in [4.78, 5) is 4.40. The van der Waals surface area contributed by atoms with Crippen molar-refractivity contribution in [3.8, 4) is 22.5 Å². The molecule has 2 aromatic heterocycles. The Kier molecular flexibility index (Phi) is 4.26. The van der Waals surface area contributed by atoms with E-state index < -0.39 is 11.9 Å². The number of rotatable bonds is 3. The monoisotopic (exact) mass is 357 g/mol. The van der Waals surface area contributed by atoms with Gasteiger partial charge in [0.25, 0.3) is 0 Å². The number of alkyl halides is 3. The highest BCUT2D eigenvalue weighted by molar-refractivity contribution is 5.70. The lowest BCUT2D eigenvalue weighted by atomic mass is 9.90. The Morgan fingerprint density at radius 1 is 0.962 bits per heavy atom. The zero-order valence-corrected chi connectivity index (χ0v) is 14.1. The fourth-order valence-electron chi connectivity index (χ4n) is 3.64. The minimum absolute atomic E-state index is 0.219. The fraction of sp³-hybridized carbons (Fsp3) is 0.300. The van der Waals surface area contributed by atoms with Crippen LogP contribution in [0.2, 0.25) is 0 Å². The van der Waals surface area contributed by atoms with Crippen LogP contribution in [0.4, 0.5) is 13.2 Å². The Morgan fingerprint density at radius 2 is 1.69 bits per heavy atom. The van der Waals surface area contributed by atoms with Gasteiger partial charge < -0.3 is 0 Å². The summed E-state index contributed by atoms with van der Waals surface area (Å²) in [6.45, 7) is 0. The van der Waals surface area contributed by atoms with E-state index in [1.54, 1.807) is 6.20 Å². The Hall–Kier alpha value is -2.63. The van der Waals surface area contributed by atoms with Gasteiger partial charge in [0, 0.05) is 11.8 Å². The van der Waals surface area contributed by atoms with E-state index in [1.807, 2.05) is 36.4 Å². The van der Waals surface area contributed by atoms with Gasteiger partial charge in [-0.15, -0.1) is 0 Å². The van der Waals surface area contributed by atoms with Crippen LogP contribution < -0.4 is 0 Å². The van der Waals surface area contributed by atoms with Crippen LogP contribution in [0.5, 0.6) is 0 Å². The first-order valence-electron chi connectivity index (χ1n) is 8.71. The van der Waals surface area contributed by atoms with Crippen molar-refractivity contribution in [1.29, 1.82) is 0 Å². The Morgan fingerprint density at radius 3 is 2.35 bits per heavy atom.